The van der Waals surface area contributed by atoms with Gasteiger partial charge in [0, 0.05) is 44.0 Å². The van der Waals surface area contributed by atoms with E-state index in [0.717, 1.165) is 25.3 Å². The molecule has 0 bridgehead atoms. The van der Waals surface area contributed by atoms with E-state index in [0.29, 0.717) is 30.5 Å². The molecular weight excluding hydrogens is 412 g/mol. The van der Waals surface area contributed by atoms with E-state index in [4.69, 9.17) is 16.3 Å². The van der Waals surface area contributed by atoms with Crippen molar-refractivity contribution in [3.63, 3.8) is 0 Å². The van der Waals surface area contributed by atoms with Gasteiger partial charge >= 0.3 is 0 Å². The summed E-state index contributed by atoms with van der Waals surface area (Å²) in [6.45, 7) is 4.84. The molecule has 0 radical (unpaired) electrons. The van der Waals surface area contributed by atoms with Crippen LogP contribution >= 0.6 is 11.6 Å². The number of rotatable bonds is 9. The van der Waals surface area contributed by atoms with Crippen LogP contribution in [0.5, 0.6) is 5.75 Å². The van der Waals surface area contributed by atoms with Crippen molar-refractivity contribution in [2.75, 3.05) is 33.2 Å². The van der Waals surface area contributed by atoms with Gasteiger partial charge in [0.2, 0.25) is 5.91 Å². The third-order valence-electron chi connectivity index (χ3n) is 5.28. The van der Waals surface area contributed by atoms with Gasteiger partial charge in [-0.15, -0.1) is 0 Å². The van der Waals surface area contributed by atoms with Crippen molar-refractivity contribution < 1.29 is 9.53 Å². The van der Waals surface area contributed by atoms with Crippen LogP contribution in [0.1, 0.15) is 18.9 Å². The van der Waals surface area contributed by atoms with E-state index in [1.165, 1.54) is 5.56 Å². The molecule has 1 heterocycles. The van der Waals surface area contributed by atoms with E-state index < -0.39 is 0 Å². The topological polar surface area (TPSA) is 66.0 Å². The van der Waals surface area contributed by atoms with Crippen LogP contribution < -0.4 is 15.4 Å². The number of ether oxygens (including phenoxy) is 1. The molecule has 2 aromatic carbocycles. The van der Waals surface area contributed by atoms with E-state index in [-0.39, 0.29) is 17.9 Å². The highest BCUT2D eigenvalue weighted by atomic mass is 35.5. The first-order valence-electron chi connectivity index (χ1n) is 10.7. The smallest absolute Gasteiger partial charge is 0.223 e. The molecule has 0 aromatic heterocycles. The number of halogens is 1. The summed E-state index contributed by atoms with van der Waals surface area (Å²) in [6, 6.07) is 17.7. The molecule has 6 nitrogen and oxygen atoms in total. The quantitative estimate of drug-likeness (QED) is 0.461. The highest BCUT2D eigenvalue weighted by Crippen LogP contribution is 2.19. The van der Waals surface area contributed by atoms with Crippen LogP contribution in [0.15, 0.2) is 59.6 Å². The van der Waals surface area contributed by atoms with Crippen LogP contribution in [0.4, 0.5) is 0 Å². The second-order valence-electron chi connectivity index (χ2n) is 7.87. The van der Waals surface area contributed by atoms with Gasteiger partial charge in [-0.05, 0) is 37.1 Å². The Morgan fingerprint density at radius 3 is 2.77 bits per heavy atom. The molecule has 1 fully saturated rings. The van der Waals surface area contributed by atoms with Crippen molar-refractivity contribution in [2.45, 2.75) is 25.9 Å². The third kappa shape index (κ3) is 7.47. The first-order valence-corrected chi connectivity index (χ1v) is 11.1. The van der Waals surface area contributed by atoms with Crippen molar-refractivity contribution in [3.05, 3.63) is 65.2 Å². The minimum atomic E-state index is -0.0569. The summed E-state index contributed by atoms with van der Waals surface area (Å²) in [7, 11) is 1.74. The first kappa shape index (κ1) is 22.9. The van der Waals surface area contributed by atoms with Gasteiger partial charge < -0.3 is 20.3 Å². The zero-order valence-corrected chi connectivity index (χ0v) is 18.9. The van der Waals surface area contributed by atoms with E-state index >= 15 is 0 Å². The molecule has 7 heteroatoms. The molecule has 2 N–H and O–H groups in total. The summed E-state index contributed by atoms with van der Waals surface area (Å²) in [4.78, 5) is 18.6. The summed E-state index contributed by atoms with van der Waals surface area (Å²) < 4.78 is 5.88. The van der Waals surface area contributed by atoms with E-state index in [2.05, 4.69) is 27.8 Å². The van der Waals surface area contributed by atoms with Crippen molar-refractivity contribution >= 4 is 23.5 Å². The number of hydrogen-bond donors (Lipinski definition) is 2. The Morgan fingerprint density at radius 1 is 1.23 bits per heavy atom. The maximum Gasteiger partial charge on any atom is 0.223 e. The third-order valence-corrected chi connectivity index (χ3v) is 5.52. The Bertz CT molecular complexity index is 875. The maximum atomic E-state index is 12.4. The SMILES string of the molecule is CN=C(NCC1CC(=O)N(CCc2ccccc2)C1)NCC(C)Oc1cccc(Cl)c1. The van der Waals surface area contributed by atoms with Crippen molar-refractivity contribution in [1.82, 2.24) is 15.5 Å². The lowest BCUT2D eigenvalue weighted by atomic mass is 10.1. The fraction of sp³-hybridized carbons (Fsp3) is 0.417. The number of nitrogens with zero attached hydrogens (tertiary/aromatic N) is 2. The minimum Gasteiger partial charge on any atom is -0.489 e. The Kier molecular flexibility index (Phi) is 8.59. The molecule has 3 rings (SSSR count). The number of hydrogen-bond acceptors (Lipinski definition) is 3. The van der Waals surface area contributed by atoms with Crippen molar-refractivity contribution in [3.8, 4) is 5.75 Å². The molecule has 0 aliphatic carbocycles. The molecule has 2 atom stereocenters. The highest BCUT2D eigenvalue weighted by molar-refractivity contribution is 6.30. The number of carbonyl (C=O) groups is 1. The van der Waals surface area contributed by atoms with Crippen LogP contribution in [-0.2, 0) is 11.2 Å². The molecule has 1 aliphatic heterocycles. The van der Waals surface area contributed by atoms with Gasteiger partial charge in [-0.2, -0.15) is 0 Å². The Hall–Kier alpha value is -2.73. The number of likely N-dealkylation sites (tertiary alicyclic amines) is 1. The number of guanidine groups is 1. The second kappa shape index (κ2) is 11.6. The zero-order valence-electron chi connectivity index (χ0n) is 18.2. The molecule has 1 aliphatic rings. The van der Waals surface area contributed by atoms with Crippen LogP contribution in [-0.4, -0.2) is 56.1 Å². The van der Waals surface area contributed by atoms with Gasteiger partial charge in [0.15, 0.2) is 5.96 Å². The van der Waals surface area contributed by atoms with E-state index in [1.54, 1.807) is 13.1 Å². The summed E-state index contributed by atoms with van der Waals surface area (Å²) in [5, 5.41) is 7.27. The second-order valence-corrected chi connectivity index (χ2v) is 8.30. The van der Waals surface area contributed by atoms with Crippen molar-refractivity contribution in [1.29, 1.82) is 0 Å². The van der Waals surface area contributed by atoms with Gasteiger partial charge in [0.25, 0.3) is 0 Å². The van der Waals surface area contributed by atoms with Crippen LogP contribution in [0, 0.1) is 5.92 Å². The van der Waals surface area contributed by atoms with Crippen molar-refractivity contribution in [2.24, 2.45) is 10.9 Å². The van der Waals surface area contributed by atoms with Gasteiger partial charge in [-0.3, -0.25) is 9.79 Å². The summed E-state index contributed by atoms with van der Waals surface area (Å²) in [5.41, 5.74) is 1.26. The van der Waals surface area contributed by atoms with E-state index in [9.17, 15) is 4.79 Å². The minimum absolute atomic E-state index is 0.0569. The number of aliphatic imine (C=N–C) groups is 1. The lowest BCUT2D eigenvalue weighted by Crippen LogP contribution is -2.43. The largest absolute Gasteiger partial charge is 0.489 e. The molecule has 166 valence electrons. The standard InChI is InChI=1S/C24H31ClN4O2/c1-18(31-22-10-6-9-21(25)14-22)15-27-24(26-2)28-16-20-13-23(30)29(17-20)12-11-19-7-4-3-5-8-19/h3-10,14,18,20H,11-13,15-17H2,1-2H3,(H2,26,27,28). The maximum absolute atomic E-state index is 12.4. The Labute approximate surface area is 189 Å². The zero-order chi connectivity index (χ0) is 22.1. The first-order chi connectivity index (χ1) is 15.0. The number of benzene rings is 2. The highest BCUT2D eigenvalue weighted by Gasteiger charge is 2.29. The predicted molar refractivity (Wildman–Crippen MR) is 126 cm³/mol. The number of nitrogens with one attached hydrogen (secondary N) is 2. The van der Waals surface area contributed by atoms with Crippen LogP contribution in [0.25, 0.3) is 0 Å². The molecule has 2 aromatic rings. The summed E-state index contributed by atoms with van der Waals surface area (Å²) >= 11 is 6.00. The predicted octanol–water partition coefficient (Wildman–Crippen LogP) is 3.36. The Morgan fingerprint density at radius 2 is 2.03 bits per heavy atom. The lowest BCUT2D eigenvalue weighted by molar-refractivity contribution is -0.127. The number of carbonyl (C=O) groups excluding carboxylic acids is 1. The van der Waals surface area contributed by atoms with Gasteiger partial charge in [0.1, 0.15) is 11.9 Å². The fourth-order valence-corrected chi connectivity index (χ4v) is 3.81. The van der Waals surface area contributed by atoms with Crippen LogP contribution in [0.3, 0.4) is 0 Å². The summed E-state index contributed by atoms with van der Waals surface area (Å²) in [6.07, 6.45) is 1.41. The van der Waals surface area contributed by atoms with Gasteiger partial charge in [-0.1, -0.05) is 48.0 Å². The molecule has 31 heavy (non-hydrogen) atoms. The fourth-order valence-electron chi connectivity index (χ4n) is 3.63. The molecule has 1 saturated heterocycles. The Balaban J connectivity index is 1.37. The molecule has 0 spiro atoms. The lowest BCUT2D eigenvalue weighted by Gasteiger charge is -2.19. The number of amides is 1. The molecule has 1 amide bonds. The average molecular weight is 443 g/mol. The molecular formula is C24H31ClN4O2. The molecule has 0 saturated carbocycles. The summed E-state index contributed by atoms with van der Waals surface area (Å²) in [5.74, 6) is 1.96. The normalized spacial score (nSPS) is 17.5. The van der Waals surface area contributed by atoms with E-state index in [1.807, 2.05) is 48.2 Å². The average Bonchev–Trinajstić information content (AvgIpc) is 3.12. The monoisotopic (exact) mass is 442 g/mol. The van der Waals surface area contributed by atoms with Gasteiger partial charge in [0.05, 0.1) is 6.54 Å². The molecule has 2 unspecified atom stereocenters. The van der Waals surface area contributed by atoms with Crippen LogP contribution in [0.2, 0.25) is 5.02 Å². The van der Waals surface area contributed by atoms with Gasteiger partial charge in [-0.25, -0.2) is 0 Å².